The lowest BCUT2D eigenvalue weighted by atomic mass is 10.2. The summed E-state index contributed by atoms with van der Waals surface area (Å²) in [5, 5.41) is 21.5. The number of pyridine rings is 1. The van der Waals surface area contributed by atoms with Crippen LogP contribution in [-0.4, -0.2) is 47.1 Å². The molecule has 0 saturated carbocycles. The van der Waals surface area contributed by atoms with Gasteiger partial charge in [-0.15, -0.1) is 10.2 Å². The third-order valence-corrected chi connectivity index (χ3v) is 6.72. The van der Waals surface area contributed by atoms with Crippen molar-refractivity contribution in [3.63, 3.8) is 0 Å². The van der Waals surface area contributed by atoms with Crippen LogP contribution in [0.25, 0.3) is 0 Å². The Hall–Kier alpha value is -2.80. The quantitative estimate of drug-likeness (QED) is 0.341. The van der Waals surface area contributed by atoms with Crippen LogP contribution in [0.15, 0.2) is 56.4 Å². The summed E-state index contributed by atoms with van der Waals surface area (Å²) >= 11 is 3.86. The van der Waals surface area contributed by atoms with E-state index in [2.05, 4.69) is 34.8 Å². The second kappa shape index (κ2) is 10.2. The van der Waals surface area contributed by atoms with E-state index in [1.165, 1.54) is 23.5 Å². The molecule has 0 radical (unpaired) electrons. The fourth-order valence-corrected chi connectivity index (χ4v) is 4.90. The van der Waals surface area contributed by atoms with E-state index in [0.717, 1.165) is 22.0 Å². The third-order valence-electron chi connectivity index (χ3n) is 4.13. The number of hydrogen-bond acceptors (Lipinski definition) is 10. The van der Waals surface area contributed by atoms with E-state index in [1.807, 2.05) is 43.3 Å². The van der Waals surface area contributed by atoms with Gasteiger partial charge in [-0.25, -0.2) is 9.97 Å². The highest BCUT2D eigenvalue weighted by molar-refractivity contribution is 7.99. The number of nitrogens with one attached hydrogen (secondary N) is 2. The zero-order valence-corrected chi connectivity index (χ0v) is 19.6. The predicted octanol–water partition coefficient (Wildman–Crippen LogP) is 3.76. The summed E-state index contributed by atoms with van der Waals surface area (Å²) in [7, 11) is 0. The summed E-state index contributed by atoms with van der Waals surface area (Å²) in [6.07, 6.45) is 0.606. The molecule has 4 rings (SSSR count). The molecule has 0 bridgehead atoms. The van der Waals surface area contributed by atoms with Crippen molar-refractivity contribution in [2.24, 2.45) is 0 Å². The van der Waals surface area contributed by atoms with Crippen LogP contribution in [0.3, 0.4) is 0 Å². The number of aromatic amines is 1. The van der Waals surface area contributed by atoms with Crippen molar-refractivity contribution in [3.05, 3.63) is 59.3 Å². The maximum atomic E-state index is 13.1. The summed E-state index contributed by atoms with van der Waals surface area (Å²) in [5.74, 6) is 0.937. The predicted molar refractivity (Wildman–Crippen MR) is 123 cm³/mol. The number of carbonyl (C=O) groups excluding carboxylic acids is 1. The Kier molecular flexibility index (Phi) is 7.15. The third kappa shape index (κ3) is 5.71. The van der Waals surface area contributed by atoms with Gasteiger partial charge in [0.2, 0.25) is 5.13 Å². The normalized spacial score (nSPS) is 11.0. The average molecular weight is 486 g/mol. The van der Waals surface area contributed by atoms with E-state index >= 15 is 0 Å². The number of rotatable bonds is 8. The summed E-state index contributed by atoms with van der Waals surface area (Å²) in [6.45, 7) is 3.69. The van der Waals surface area contributed by atoms with Crippen molar-refractivity contribution >= 4 is 46.1 Å². The number of hydrogen-bond donors (Lipinski definition) is 3. The average Bonchev–Trinajstić information content (AvgIpc) is 3.38. The first-order valence-electron chi connectivity index (χ1n) is 9.57. The van der Waals surface area contributed by atoms with Crippen molar-refractivity contribution in [2.45, 2.75) is 40.2 Å². The number of carbonyl (C=O) groups is 1. The number of aryl methyl sites for hydroxylation is 2. The Labute approximate surface area is 196 Å². The summed E-state index contributed by atoms with van der Waals surface area (Å²) in [4.78, 5) is 26.6. The van der Waals surface area contributed by atoms with Gasteiger partial charge in [-0.3, -0.25) is 10.1 Å². The molecule has 3 heterocycles. The molecule has 1 amide bonds. The second-order valence-corrected chi connectivity index (χ2v) is 9.51. The SMILES string of the molecule is Cc1nsc(NC(=O)c2nc(Sc3nnc(C)[nH]3)ccc2Sc2ccc(CCO)cc2)n1. The first kappa shape index (κ1) is 22.4. The fourth-order valence-electron chi connectivity index (χ4n) is 2.68. The number of benzene rings is 1. The van der Waals surface area contributed by atoms with Crippen LogP contribution in [-0.2, 0) is 6.42 Å². The molecule has 4 aromatic rings. The lowest BCUT2D eigenvalue weighted by Gasteiger charge is -2.10. The number of anilines is 1. The number of nitrogens with zero attached hydrogens (tertiary/aromatic N) is 5. The highest BCUT2D eigenvalue weighted by Gasteiger charge is 2.18. The molecule has 0 saturated heterocycles. The fraction of sp³-hybridized carbons (Fsp3) is 0.200. The minimum Gasteiger partial charge on any atom is -0.396 e. The first-order valence-corrected chi connectivity index (χ1v) is 12.0. The zero-order chi connectivity index (χ0) is 22.5. The molecular weight excluding hydrogens is 466 g/mol. The van der Waals surface area contributed by atoms with Gasteiger partial charge in [0, 0.05) is 27.9 Å². The van der Waals surface area contributed by atoms with E-state index in [0.29, 0.717) is 38.3 Å². The maximum Gasteiger partial charge on any atom is 0.277 e. The monoisotopic (exact) mass is 485 g/mol. The highest BCUT2D eigenvalue weighted by atomic mass is 32.2. The second-order valence-electron chi connectivity index (χ2n) is 6.63. The van der Waals surface area contributed by atoms with Gasteiger partial charge in [-0.2, -0.15) is 4.37 Å². The number of aliphatic hydroxyl groups is 1. The van der Waals surface area contributed by atoms with Gasteiger partial charge in [0.15, 0.2) is 5.16 Å². The lowest BCUT2D eigenvalue weighted by molar-refractivity contribution is 0.101. The van der Waals surface area contributed by atoms with Gasteiger partial charge in [0.25, 0.3) is 5.91 Å². The molecule has 3 N–H and O–H groups in total. The number of aromatic nitrogens is 6. The Morgan fingerprint density at radius 2 is 1.91 bits per heavy atom. The zero-order valence-electron chi connectivity index (χ0n) is 17.2. The Morgan fingerprint density at radius 3 is 2.56 bits per heavy atom. The number of H-pyrrole nitrogens is 1. The number of aliphatic hydroxyl groups excluding tert-OH is 1. The van der Waals surface area contributed by atoms with Crippen LogP contribution in [0.1, 0.15) is 27.7 Å². The van der Waals surface area contributed by atoms with Gasteiger partial charge in [0.05, 0.1) is 0 Å². The first-order chi connectivity index (χ1) is 15.5. The Bertz CT molecular complexity index is 1220. The molecule has 0 aliphatic rings. The largest absolute Gasteiger partial charge is 0.396 e. The summed E-state index contributed by atoms with van der Waals surface area (Å²) in [5.41, 5.74) is 1.33. The minimum absolute atomic E-state index is 0.107. The van der Waals surface area contributed by atoms with Gasteiger partial charge in [0.1, 0.15) is 22.4 Å². The molecule has 32 heavy (non-hydrogen) atoms. The summed E-state index contributed by atoms with van der Waals surface area (Å²) in [6, 6.07) is 11.6. The molecule has 0 aliphatic carbocycles. The van der Waals surface area contributed by atoms with E-state index in [9.17, 15) is 4.79 Å². The molecule has 0 aliphatic heterocycles. The molecule has 3 aromatic heterocycles. The van der Waals surface area contributed by atoms with Crippen molar-refractivity contribution in [1.82, 2.24) is 29.5 Å². The molecule has 0 spiro atoms. The topological polar surface area (TPSA) is 130 Å². The molecule has 0 unspecified atom stereocenters. The van der Waals surface area contributed by atoms with Crippen LogP contribution >= 0.6 is 35.1 Å². The van der Waals surface area contributed by atoms with E-state index < -0.39 is 0 Å². The van der Waals surface area contributed by atoms with Gasteiger partial charge in [-0.1, -0.05) is 23.9 Å². The van der Waals surface area contributed by atoms with Gasteiger partial charge < -0.3 is 10.1 Å². The van der Waals surface area contributed by atoms with Gasteiger partial charge in [-0.05, 0) is 61.9 Å². The lowest BCUT2D eigenvalue weighted by Crippen LogP contribution is -2.15. The van der Waals surface area contributed by atoms with Crippen LogP contribution < -0.4 is 5.32 Å². The van der Waals surface area contributed by atoms with E-state index in [1.54, 1.807) is 6.92 Å². The highest BCUT2D eigenvalue weighted by Crippen LogP contribution is 2.33. The van der Waals surface area contributed by atoms with E-state index in [-0.39, 0.29) is 18.2 Å². The van der Waals surface area contributed by atoms with Crippen molar-refractivity contribution in [2.75, 3.05) is 11.9 Å². The van der Waals surface area contributed by atoms with Crippen molar-refractivity contribution in [3.8, 4) is 0 Å². The maximum absolute atomic E-state index is 13.1. The van der Waals surface area contributed by atoms with Crippen LogP contribution in [0.4, 0.5) is 5.13 Å². The van der Waals surface area contributed by atoms with Crippen LogP contribution in [0.5, 0.6) is 0 Å². The summed E-state index contributed by atoms with van der Waals surface area (Å²) < 4.78 is 4.10. The van der Waals surface area contributed by atoms with Gasteiger partial charge >= 0.3 is 0 Å². The Balaban J connectivity index is 1.61. The smallest absolute Gasteiger partial charge is 0.277 e. The number of amides is 1. The van der Waals surface area contributed by atoms with E-state index in [4.69, 9.17) is 5.11 Å². The van der Waals surface area contributed by atoms with Crippen LogP contribution in [0.2, 0.25) is 0 Å². The molecule has 164 valence electrons. The molecule has 0 atom stereocenters. The molecule has 0 fully saturated rings. The minimum atomic E-state index is -0.364. The standard InChI is InChI=1S/C20H19N7O2S3/c1-11-21-20(26-25-11)31-16-8-7-15(30-14-5-3-13(4-6-14)9-10-28)17(23-16)18(29)24-19-22-12(2)27-32-19/h3-8,28H,9-10H2,1-2H3,(H,21,25,26)(H,22,24,27,29). The molecule has 1 aromatic carbocycles. The van der Waals surface area contributed by atoms with Crippen LogP contribution in [0, 0.1) is 13.8 Å². The molecular formula is C20H19N7O2S3. The van der Waals surface area contributed by atoms with Crippen molar-refractivity contribution < 1.29 is 9.90 Å². The Morgan fingerprint density at radius 1 is 1.09 bits per heavy atom. The molecule has 12 heteroatoms. The molecule has 9 nitrogen and oxygen atoms in total. The van der Waals surface area contributed by atoms with Crippen molar-refractivity contribution in [1.29, 1.82) is 0 Å².